The highest BCUT2D eigenvalue weighted by Gasteiger charge is 2.33. The van der Waals surface area contributed by atoms with Crippen LogP contribution < -0.4 is 5.73 Å². The first-order valence-corrected chi connectivity index (χ1v) is 7.16. The molecule has 1 amide bonds. The first kappa shape index (κ1) is 12.7. The third-order valence-electron chi connectivity index (χ3n) is 4.01. The van der Waals surface area contributed by atoms with E-state index < -0.39 is 6.04 Å². The summed E-state index contributed by atoms with van der Waals surface area (Å²) in [4.78, 5) is 14.5. The fraction of sp³-hybridized carbons (Fsp3) is 0.714. The maximum atomic E-state index is 12.5. The van der Waals surface area contributed by atoms with E-state index in [0.717, 1.165) is 18.7 Å². The van der Waals surface area contributed by atoms with Crippen molar-refractivity contribution in [1.29, 1.82) is 0 Å². The van der Waals surface area contributed by atoms with Crippen LogP contribution in [0.4, 0.5) is 0 Å². The number of amides is 1. The molecule has 5 nitrogen and oxygen atoms in total. The SMILES string of the molecule is Cn1cc(C(N)C(=O)N(CC2CC2)CC2CC2)cn1. The molecule has 2 N–H and O–H groups in total. The van der Waals surface area contributed by atoms with Gasteiger partial charge in [0.15, 0.2) is 0 Å². The average Bonchev–Trinajstić information content (AvgIpc) is 3.30. The monoisotopic (exact) mass is 262 g/mol. The van der Waals surface area contributed by atoms with E-state index in [1.165, 1.54) is 25.7 Å². The molecule has 104 valence electrons. The van der Waals surface area contributed by atoms with Crippen LogP contribution in [0.1, 0.15) is 37.3 Å². The standard InChI is InChI=1S/C14H22N4O/c1-17-9-12(6-16-17)13(15)14(19)18(7-10-2-3-10)8-11-4-5-11/h6,9-11,13H,2-5,7-8,15H2,1H3. The first-order chi connectivity index (χ1) is 9.13. The van der Waals surface area contributed by atoms with Crippen molar-refractivity contribution in [2.75, 3.05) is 13.1 Å². The van der Waals surface area contributed by atoms with E-state index in [1.807, 2.05) is 18.1 Å². The average molecular weight is 262 g/mol. The van der Waals surface area contributed by atoms with Crippen molar-refractivity contribution in [3.63, 3.8) is 0 Å². The molecule has 2 aliphatic rings. The molecule has 0 saturated heterocycles. The molecule has 0 bridgehead atoms. The maximum absolute atomic E-state index is 12.5. The Bertz CT molecular complexity index is 448. The Labute approximate surface area is 113 Å². The lowest BCUT2D eigenvalue weighted by Crippen LogP contribution is -2.40. The summed E-state index contributed by atoms with van der Waals surface area (Å²) in [5, 5.41) is 4.09. The summed E-state index contributed by atoms with van der Waals surface area (Å²) in [7, 11) is 1.84. The smallest absolute Gasteiger partial charge is 0.244 e. The van der Waals surface area contributed by atoms with Gasteiger partial charge in [0.1, 0.15) is 6.04 Å². The third kappa shape index (κ3) is 3.15. The molecule has 5 heteroatoms. The molecule has 0 radical (unpaired) electrons. The van der Waals surface area contributed by atoms with Gasteiger partial charge in [0.2, 0.25) is 5.91 Å². The van der Waals surface area contributed by atoms with Gasteiger partial charge in [-0.1, -0.05) is 0 Å². The van der Waals surface area contributed by atoms with Gasteiger partial charge in [-0.15, -0.1) is 0 Å². The predicted molar refractivity (Wildman–Crippen MR) is 72.2 cm³/mol. The van der Waals surface area contributed by atoms with Crippen molar-refractivity contribution in [3.05, 3.63) is 18.0 Å². The van der Waals surface area contributed by atoms with Crippen LogP contribution in [0.5, 0.6) is 0 Å². The minimum Gasteiger partial charge on any atom is -0.340 e. The van der Waals surface area contributed by atoms with E-state index in [-0.39, 0.29) is 5.91 Å². The van der Waals surface area contributed by atoms with Gasteiger partial charge >= 0.3 is 0 Å². The minimum atomic E-state index is -0.564. The molecule has 1 heterocycles. The van der Waals surface area contributed by atoms with Gasteiger partial charge in [-0.05, 0) is 37.5 Å². The third-order valence-corrected chi connectivity index (χ3v) is 4.01. The molecular weight excluding hydrogens is 240 g/mol. The van der Waals surface area contributed by atoms with Crippen LogP contribution in [0.15, 0.2) is 12.4 Å². The van der Waals surface area contributed by atoms with Crippen molar-refractivity contribution in [1.82, 2.24) is 14.7 Å². The number of hydrogen-bond acceptors (Lipinski definition) is 3. The Balaban J connectivity index is 1.66. The highest BCUT2D eigenvalue weighted by molar-refractivity contribution is 5.83. The van der Waals surface area contributed by atoms with Gasteiger partial charge in [-0.2, -0.15) is 5.10 Å². The Morgan fingerprint density at radius 3 is 2.42 bits per heavy atom. The molecule has 1 atom stereocenters. The molecule has 2 saturated carbocycles. The predicted octanol–water partition coefficient (Wildman–Crippen LogP) is 1.07. The maximum Gasteiger partial charge on any atom is 0.244 e. The van der Waals surface area contributed by atoms with Gasteiger partial charge in [0.25, 0.3) is 0 Å². The Morgan fingerprint density at radius 1 is 1.42 bits per heavy atom. The number of aryl methyl sites for hydroxylation is 1. The van der Waals surface area contributed by atoms with E-state index in [1.54, 1.807) is 10.9 Å². The lowest BCUT2D eigenvalue weighted by atomic mass is 10.1. The molecule has 3 rings (SSSR count). The first-order valence-electron chi connectivity index (χ1n) is 7.16. The molecular formula is C14H22N4O. The van der Waals surface area contributed by atoms with E-state index in [4.69, 9.17) is 5.73 Å². The Hall–Kier alpha value is -1.36. The van der Waals surface area contributed by atoms with Gasteiger partial charge in [-0.3, -0.25) is 9.48 Å². The lowest BCUT2D eigenvalue weighted by Gasteiger charge is -2.25. The number of nitrogens with two attached hydrogens (primary N) is 1. The summed E-state index contributed by atoms with van der Waals surface area (Å²) >= 11 is 0. The van der Waals surface area contributed by atoms with Crippen molar-refractivity contribution < 1.29 is 4.79 Å². The summed E-state index contributed by atoms with van der Waals surface area (Å²) < 4.78 is 1.69. The molecule has 0 spiro atoms. The molecule has 1 aromatic rings. The van der Waals surface area contributed by atoms with Gasteiger partial charge in [0.05, 0.1) is 6.20 Å². The van der Waals surface area contributed by atoms with Crippen LogP contribution in [-0.2, 0) is 11.8 Å². The quantitative estimate of drug-likeness (QED) is 0.834. The topological polar surface area (TPSA) is 64.2 Å². The number of aromatic nitrogens is 2. The fourth-order valence-corrected chi connectivity index (χ4v) is 2.42. The van der Waals surface area contributed by atoms with E-state index >= 15 is 0 Å². The number of carbonyl (C=O) groups excluding carboxylic acids is 1. The zero-order chi connectivity index (χ0) is 13.4. The zero-order valence-corrected chi connectivity index (χ0v) is 11.5. The summed E-state index contributed by atoms with van der Waals surface area (Å²) in [5.41, 5.74) is 6.91. The number of rotatable bonds is 6. The van der Waals surface area contributed by atoms with Gasteiger partial charge in [-0.25, -0.2) is 0 Å². The van der Waals surface area contributed by atoms with Crippen molar-refractivity contribution in [2.45, 2.75) is 31.7 Å². The van der Waals surface area contributed by atoms with Crippen LogP contribution >= 0.6 is 0 Å². The molecule has 19 heavy (non-hydrogen) atoms. The lowest BCUT2D eigenvalue weighted by molar-refractivity contribution is -0.133. The summed E-state index contributed by atoms with van der Waals surface area (Å²) in [6, 6.07) is -0.564. The number of carbonyl (C=O) groups is 1. The molecule has 1 aromatic heterocycles. The highest BCUT2D eigenvalue weighted by Crippen LogP contribution is 2.34. The highest BCUT2D eigenvalue weighted by atomic mass is 16.2. The zero-order valence-electron chi connectivity index (χ0n) is 11.5. The summed E-state index contributed by atoms with van der Waals surface area (Å²) in [6.07, 6.45) is 8.56. The van der Waals surface area contributed by atoms with Gasteiger partial charge < -0.3 is 10.6 Å². The van der Waals surface area contributed by atoms with Crippen LogP contribution in [-0.4, -0.2) is 33.7 Å². The second-order valence-corrected chi connectivity index (χ2v) is 6.05. The Morgan fingerprint density at radius 2 is 2.00 bits per heavy atom. The minimum absolute atomic E-state index is 0.0619. The normalized spacial score (nSPS) is 20.3. The molecule has 2 aliphatic carbocycles. The second-order valence-electron chi connectivity index (χ2n) is 6.05. The number of nitrogens with zero attached hydrogens (tertiary/aromatic N) is 3. The summed E-state index contributed by atoms with van der Waals surface area (Å²) in [6.45, 7) is 1.78. The molecule has 0 aromatic carbocycles. The van der Waals surface area contributed by atoms with Crippen molar-refractivity contribution >= 4 is 5.91 Å². The Kier molecular flexibility index (Phi) is 3.31. The summed E-state index contributed by atoms with van der Waals surface area (Å²) in [5.74, 6) is 1.49. The van der Waals surface area contributed by atoms with Crippen molar-refractivity contribution in [3.8, 4) is 0 Å². The number of hydrogen-bond donors (Lipinski definition) is 1. The molecule has 2 fully saturated rings. The van der Waals surface area contributed by atoms with E-state index in [2.05, 4.69) is 5.10 Å². The van der Waals surface area contributed by atoms with Crippen molar-refractivity contribution in [2.24, 2.45) is 24.6 Å². The van der Waals surface area contributed by atoms with Crippen LogP contribution in [0, 0.1) is 11.8 Å². The molecule has 1 unspecified atom stereocenters. The molecule has 0 aliphatic heterocycles. The van der Waals surface area contributed by atoms with Crippen LogP contribution in [0.2, 0.25) is 0 Å². The van der Waals surface area contributed by atoms with Gasteiger partial charge in [0, 0.05) is 31.9 Å². The van der Waals surface area contributed by atoms with E-state index in [9.17, 15) is 4.79 Å². The van der Waals surface area contributed by atoms with E-state index in [0.29, 0.717) is 11.8 Å². The largest absolute Gasteiger partial charge is 0.340 e. The fourth-order valence-electron chi connectivity index (χ4n) is 2.42. The second kappa shape index (κ2) is 4.96. The van der Waals surface area contributed by atoms with Crippen LogP contribution in [0.3, 0.4) is 0 Å². The van der Waals surface area contributed by atoms with Crippen LogP contribution in [0.25, 0.3) is 0 Å².